The van der Waals surface area contributed by atoms with Gasteiger partial charge in [0.15, 0.2) is 11.5 Å². The molecule has 0 aromatic heterocycles. The molecule has 78 valence electrons. The van der Waals surface area contributed by atoms with Gasteiger partial charge in [-0.05, 0) is 37.7 Å². The minimum absolute atomic E-state index is 0.282. The van der Waals surface area contributed by atoms with E-state index in [0.717, 1.165) is 5.56 Å². The lowest BCUT2D eigenvalue weighted by Gasteiger charge is -2.09. The predicted molar refractivity (Wildman–Crippen MR) is 57.2 cm³/mol. The van der Waals surface area contributed by atoms with Crippen LogP contribution >= 0.6 is 0 Å². The van der Waals surface area contributed by atoms with Crippen molar-refractivity contribution in [3.05, 3.63) is 23.8 Å². The van der Waals surface area contributed by atoms with Crippen LogP contribution in [0.3, 0.4) is 0 Å². The van der Waals surface area contributed by atoms with Crippen LogP contribution in [0.5, 0.6) is 11.5 Å². The fraction of sp³-hybridized carbons (Fsp3) is 0.455. The van der Waals surface area contributed by atoms with Gasteiger partial charge in [-0.2, -0.15) is 0 Å². The molecule has 0 fully saturated rings. The molecule has 0 bridgehead atoms. The Kier molecular flexibility index (Phi) is 3.19. The third-order valence-corrected chi connectivity index (χ3v) is 1.92. The molecule has 0 unspecified atom stereocenters. The Morgan fingerprint density at radius 2 is 2.00 bits per heavy atom. The average molecular weight is 197 g/mol. The number of nitrogens with one attached hydrogen (secondary N) is 1. The summed E-state index contributed by atoms with van der Waals surface area (Å²) in [6, 6.07) is 5.39. The van der Waals surface area contributed by atoms with Crippen LogP contribution in [0.1, 0.15) is 8.30 Å². The standard InChI is InChI=1S/C11H17NO2/c1-12-7-6-9-4-5-10(13-2)11(8-9)14-3/h4-5,8,12H,6-7H2,1-3H3/i7D2. The fourth-order valence-electron chi connectivity index (χ4n) is 1.18. The second-order valence-corrected chi connectivity index (χ2v) is 2.79. The van der Waals surface area contributed by atoms with Gasteiger partial charge in [-0.3, -0.25) is 0 Å². The summed E-state index contributed by atoms with van der Waals surface area (Å²) >= 11 is 0. The summed E-state index contributed by atoms with van der Waals surface area (Å²) in [5, 5.41) is 2.62. The van der Waals surface area contributed by atoms with Gasteiger partial charge >= 0.3 is 0 Å². The third kappa shape index (κ3) is 2.64. The number of likely N-dealkylation sites (N-methyl/N-ethyl adjacent to an activating group) is 1. The zero-order valence-electron chi connectivity index (χ0n) is 10.8. The summed E-state index contributed by atoms with van der Waals surface area (Å²) in [6.45, 7) is -1.42. The SMILES string of the molecule is [2H]C([2H])(Cc1ccc(OC)c(OC)c1)NC. The Balaban J connectivity index is 2.91. The molecule has 0 aliphatic heterocycles. The van der Waals surface area contributed by atoms with Gasteiger partial charge in [0.1, 0.15) is 0 Å². The average Bonchev–Trinajstić information content (AvgIpc) is 2.28. The second kappa shape index (κ2) is 5.50. The van der Waals surface area contributed by atoms with E-state index in [2.05, 4.69) is 5.32 Å². The molecule has 14 heavy (non-hydrogen) atoms. The molecule has 3 nitrogen and oxygen atoms in total. The second-order valence-electron chi connectivity index (χ2n) is 2.79. The molecule has 1 aromatic carbocycles. The highest BCUT2D eigenvalue weighted by atomic mass is 16.5. The van der Waals surface area contributed by atoms with Gasteiger partial charge in [-0.25, -0.2) is 0 Å². The van der Waals surface area contributed by atoms with E-state index in [0.29, 0.717) is 11.5 Å². The van der Waals surface area contributed by atoms with Crippen LogP contribution in [0.2, 0.25) is 0 Å². The van der Waals surface area contributed by atoms with E-state index >= 15 is 0 Å². The summed E-state index contributed by atoms with van der Waals surface area (Å²) < 4.78 is 25.5. The largest absolute Gasteiger partial charge is 0.493 e. The highest BCUT2D eigenvalue weighted by Gasteiger charge is 2.03. The van der Waals surface area contributed by atoms with Crippen LogP contribution in [0.15, 0.2) is 18.2 Å². The number of benzene rings is 1. The van der Waals surface area contributed by atoms with Crippen LogP contribution in [0.25, 0.3) is 0 Å². The molecule has 1 N–H and O–H groups in total. The van der Waals surface area contributed by atoms with Crippen LogP contribution < -0.4 is 14.8 Å². The first-order valence-electron chi connectivity index (χ1n) is 5.42. The Hall–Kier alpha value is -1.22. The molecule has 0 atom stereocenters. The van der Waals surface area contributed by atoms with Gasteiger partial charge in [-0.15, -0.1) is 0 Å². The third-order valence-electron chi connectivity index (χ3n) is 1.92. The molecule has 0 saturated heterocycles. The first-order valence-corrected chi connectivity index (χ1v) is 4.42. The van der Waals surface area contributed by atoms with Crippen LogP contribution in [0, 0.1) is 0 Å². The van der Waals surface area contributed by atoms with Crippen LogP contribution in [-0.4, -0.2) is 27.8 Å². The number of aryl methyl sites for hydroxylation is 1. The molecule has 1 aromatic rings. The monoisotopic (exact) mass is 197 g/mol. The first-order chi connectivity index (χ1) is 7.52. The van der Waals surface area contributed by atoms with E-state index in [1.165, 1.54) is 0 Å². The molecule has 0 aliphatic rings. The van der Waals surface area contributed by atoms with Crippen molar-refractivity contribution in [1.29, 1.82) is 0 Å². The maximum atomic E-state index is 7.62. The van der Waals surface area contributed by atoms with Crippen LogP contribution in [-0.2, 0) is 6.42 Å². The molecule has 3 heteroatoms. The van der Waals surface area contributed by atoms with E-state index in [4.69, 9.17) is 12.2 Å². The van der Waals surface area contributed by atoms with Gasteiger partial charge in [0.05, 0.1) is 14.2 Å². The number of hydrogen-bond acceptors (Lipinski definition) is 3. The van der Waals surface area contributed by atoms with Gasteiger partial charge in [0.2, 0.25) is 0 Å². The lowest BCUT2D eigenvalue weighted by atomic mass is 10.1. The number of ether oxygens (including phenoxy) is 2. The van der Waals surface area contributed by atoms with Gasteiger partial charge in [0, 0.05) is 2.74 Å². The first kappa shape index (κ1) is 8.12. The smallest absolute Gasteiger partial charge is 0.160 e. The zero-order valence-corrected chi connectivity index (χ0v) is 8.76. The molecule has 0 saturated carbocycles. The summed E-state index contributed by atoms with van der Waals surface area (Å²) in [6.07, 6.45) is 0.282. The molecule has 0 amide bonds. The van der Waals surface area contributed by atoms with Crippen molar-refractivity contribution in [3.8, 4) is 11.5 Å². The normalized spacial score (nSPS) is 13.1. The molecule has 0 spiro atoms. The van der Waals surface area contributed by atoms with Crippen molar-refractivity contribution in [2.45, 2.75) is 6.42 Å². The fourth-order valence-corrected chi connectivity index (χ4v) is 1.18. The van der Waals surface area contributed by atoms with Crippen molar-refractivity contribution in [3.63, 3.8) is 0 Å². The zero-order chi connectivity index (χ0) is 12.2. The van der Waals surface area contributed by atoms with E-state index in [1.807, 2.05) is 6.07 Å². The van der Waals surface area contributed by atoms with E-state index < -0.39 is 6.50 Å². The molecule has 0 radical (unpaired) electrons. The Morgan fingerprint density at radius 1 is 1.29 bits per heavy atom. The highest BCUT2D eigenvalue weighted by Crippen LogP contribution is 2.27. The minimum Gasteiger partial charge on any atom is -0.493 e. The van der Waals surface area contributed by atoms with Crippen molar-refractivity contribution in [1.82, 2.24) is 5.32 Å². The van der Waals surface area contributed by atoms with Gasteiger partial charge in [-0.1, -0.05) is 6.07 Å². The molecular formula is C11H17NO2. The van der Waals surface area contributed by atoms with Gasteiger partial charge < -0.3 is 14.8 Å². The summed E-state index contributed by atoms with van der Waals surface area (Å²) in [5.74, 6) is 1.27. The van der Waals surface area contributed by atoms with Gasteiger partial charge in [0.25, 0.3) is 0 Å². The summed E-state index contributed by atoms with van der Waals surface area (Å²) in [7, 11) is 4.74. The minimum atomic E-state index is -1.42. The van der Waals surface area contributed by atoms with Crippen LogP contribution in [0.4, 0.5) is 0 Å². The Morgan fingerprint density at radius 3 is 2.57 bits per heavy atom. The molecule has 0 aliphatic carbocycles. The van der Waals surface area contributed by atoms with Crippen molar-refractivity contribution in [2.75, 3.05) is 27.8 Å². The number of methoxy groups -OCH3 is 2. The lowest BCUT2D eigenvalue weighted by molar-refractivity contribution is 0.354. The number of rotatable bonds is 5. The Bertz CT molecular complexity index is 356. The topological polar surface area (TPSA) is 30.5 Å². The van der Waals surface area contributed by atoms with Crippen molar-refractivity contribution >= 4 is 0 Å². The van der Waals surface area contributed by atoms with E-state index in [9.17, 15) is 0 Å². The summed E-state index contributed by atoms with van der Waals surface area (Å²) in [4.78, 5) is 0. The molecular weight excluding hydrogens is 178 g/mol. The Labute approximate surface area is 87.8 Å². The van der Waals surface area contributed by atoms with Crippen molar-refractivity contribution < 1.29 is 12.2 Å². The molecule has 0 heterocycles. The quantitative estimate of drug-likeness (QED) is 0.775. The predicted octanol–water partition coefficient (Wildman–Crippen LogP) is 1.47. The molecule has 1 rings (SSSR count). The lowest BCUT2D eigenvalue weighted by Crippen LogP contribution is -2.10. The highest BCUT2D eigenvalue weighted by molar-refractivity contribution is 5.42. The summed E-state index contributed by atoms with van der Waals surface area (Å²) in [5.41, 5.74) is 0.858. The van der Waals surface area contributed by atoms with Crippen molar-refractivity contribution in [2.24, 2.45) is 0 Å². The number of hydrogen-bond donors (Lipinski definition) is 1. The maximum Gasteiger partial charge on any atom is 0.160 e. The maximum absolute atomic E-state index is 7.62. The van der Waals surface area contributed by atoms with E-state index in [1.54, 1.807) is 33.4 Å². The van der Waals surface area contributed by atoms with E-state index in [-0.39, 0.29) is 6.42 Å².